The van der Waals surface area contributed by atoms with Gasteiger partial charge in [-0.05, 0) is 123 Å². The lowest BCUT2D eigenvalue weighted by atomic mass is 9.85. The van der Waals surface area contributed by atoms with E-state index >= 15 is 0 Å². The summed E-state index contributed by atoms with van der Waals surface area (Å²) in [5, 5.41) is 15.2. The smallest absolute Gasteiger partial charge is 0.135 e. The van der Waals surface area contributed by atoms with E-state index < -0.39 is 0 Å². The molecule has 49 heavy (non-hydrogen) atoms. The first kappa shape index (κ1) is 26.6. The zero-order chi connectivity index (χ0) is 32.1. The standard InChI is InChI=1S/C48H28O/c1-2-12-36-34(9-1)28-43-39-15-4-3-13-37(39)38-14-5-6-16-40(38)48(43)47(36)35-22-21-30-25-31(19-20-32(30)26-35)33-23-24-44-42(27-33)41-17-7-10-29-11-8-18-45(49-44)46(29)41/h1-28H. The fourth-order valence-corrected chi connectivity index (χ4v) is 8.35. The third kappa shape index (κ3) is 3.87. The van der Waals surface area contributed by atoms with Crippen molar-refractivity contribution in [3.63, 3.8) is 0 Å². The van der Waals surface area contributed by atoms with Crippen LogP contribution in [-0.2, 0) is 0 Å². The van der Waals surface area contributed by atoms with Crippen LogP contribution in [0.4, 0.5) is 0 Å². The molecule has 0 fully saturated rings. The predicted octanol–water partition coefficient (Wildman–Crippen LogP) is 13.7. The monoisotopic (exact) mass is 620 g/mol. The highest BCUT2D eigenvalue weighted by molar-refractivity contribution is 6.32. The maximum Gasteiger partial charge on any atom is 0.135 e. The number of hydrogen-bond acceptors (Lipinski definition) is 1. The Bertz CT molecular complexity index is 3020. The molecule has 0 bridgehead atoms. The van der Waals surface area contributed by atoms with Crippen LogP contribution in [0.2, 0.25) is 0 Å². The van der Waals surface area contributed by atoms with E-state index in [2.05, 4.69) is 170 Å². The minimum Gasteiger partial charge on any atom is -0.456 e. The lowest BCUT2D eigenvalue weighted by Gasteiger charge is -2.22. The van der Waals surface area contributed by atoms with Crippen molar-refractivity contribution in [3.8, 4) is 44.9 Å². The van der Waals surface area contributed by atoms with Gasteiger partial charge in [-0.15, -0.1) is 0 Å². The van der Waals surface area contributed by atoms with Crippen LogP contribution in [0.3, 0.4) is 0 Å². The molecule has 0 N–H and O–H groups in total. The average molecular weight is 621 g/mol. The molecule has 0 saturated heterocycles. The molecule has 1 heteroatoms. The molecule has 1 nitrogen and oxygen atoms in total. The van der Waals surface area contributed by atoms with Gasteiger partial charge in [0.1, 0.15) is 11.5 Å². The summed E-state index contributed by atoms with van der Waals surface area (Å²) in [6, 6.07) is 62.2. The van der Waals surface area contributed by atoms with Gasteiger partial charge in [0.25, 0.3) is 0 Å². The molecule has 0 aromatic heterocycles. The second-order valence-corrected chi connectivity index (χ2v) is 13.2. The van der Waals surface area contributed by atoms with Crippen molar-refractivity contribution in [3.05, 3.63) is 170 Å². The Hall–Kier alpha value is -6.44. The van der Waals surface area contributed by atoms with Crippen molar-refractivity contribution in [2.75, 3.05) is 0 Å². The summed E-state index contributed by atoms with van der Waals surface area (Å²) in [6.07, 6.45) is 0. The van der Waals surface area contributed by atoms with Gasteiger partial charge >= 0.3 is 0 Å². The van der Waals surface area contributed by atoms with E-state index in [1.807, 2.05) is 0 Å². The Morgan fingerprint density at radius 1 is 0.286 bits per heavy atom. The van der Waals surface area contributed by atoms with Gasteiger partial charge in [0.05, 0.1) is 0 Å². The summed E-state index contributed by atoms with van der Waals surface area (Å²) in [4.78, 5) is 0. The third-order valence-corrected chi connectivity index (χ3v) is 10.6. The van der Waals surface area contributed by atoms with E-state index in [1.54, 1.807) is 0 Å². The second kappa shape index (κ2) is 10.0. The van der Waals surface area contributed by atoms with Crippen molar-refractivity contribution in [1.29, 1.82) is 0 Å². The van der Waals surface area contributed by atoms with Gasteiger partial charge in [0.15, 0.2) is 0 Å². The highest BCUT2D eigenvalue weighted by Crippen LogP contribution is 2.48. The second-order valence-electron chi connectivity index (χ2n) is 13.2. The molecule has 0 amide bonds. The summed E-state index contributed by atoms with van der Waals surface area (Å²) < 4.78 is 6.38. The van der Waals surface area contributed by atoms with Gasteiger partial charge < -0.3 is 4.74 Å². The molecule has 1 aliphatic rings. The van der Waals surface area contributed by atoms with Gasteiger partial charge in [-0.3, -0.25) is 0 Å². The molecule has 1 aliphatic heterocycles. The van der Waals surface area contributed by atoms with E-state index in [-0.39, 0.29) is 0 Å². The van der Waals surface area contributed by atoms with E-state index in [0.29, 0.717) is 0 Å². The van der Waals surface area contributed by atoms with Crippen LogP contribution in [0.5, 0.6) is 11.5 Å². The normalized spacial score (nSPS) is 12.2. The van der Waals surface area contributed by atoms with Crippen molar-refractivity contribution in [1.82, 2.24) is 0 Å². The first-order valence-corrected chi connectivity index (χ1v) is 16.9. The van der Waals surface area contributed by atoms with Crippen LogP contribution in [0, 0.1) is 0 Å². The fourth-order valence-electron chi connectivity index (χ4n) is 8.35. The summed E-state index contributed by atoms with van der Waals surface area (Å²) in [5.41, 5.74) is 7.28. The van der Waals surface area contributed by atoms with Gasteiger partial charge in [-0.25, -0.2) is 0 Å². The van der Waals surface area contributed by atoms with Crippen LogP contribution in [0.1, 0.15) is 0 Å². The van der Waals surface area contributed by atoms with Crippen molar-refractivity contribution >= 4 is 64.6 Å². The highest BCUT2D eigenvalue weighted by atomic mass is 16.5. The van der Waals surface area contributed by atoms with Crippen molar-refractivity contribution in [2.24, 2.45) is 0 Å². The van der Waals surface area contributed by atoms with Gasteiger partial charge in [0.2, 0.25) is 0 Å². The topological polar surface area (TPSA) is 9.23 Å². The van der Waals surface area contributed by atoms with Gasteiger partial charge in [-0.2, -0.15) is 0 Å². The molecule has 0 atom stereocenters. The van der Waals surface area contributed by atoms with Crippen LogP contribution in [0.15, 0.2) is 170 Å². The fraction of sp³-hybridized carbons (Fsp3) is 0. The summed E-state index contributed by atoms with van der Waals surface area (Å²) >= 11 is 0. The molecule has 11 rings (SSSR count). The van der Waals surface area contributed by atoms with E-state index in [9.17, 15) is 0 Å². The lowest BCUT2D eigenvalue weighted by Crippen LogP contribution is -1.97. The molecule has 0 aliphatic carbocycles. The van der Waals surface area contributed by atoms with Crippen molar-refractivity contribution < 1.29 is 4.74 Å². The van der Waals surface area contributed by atoms with Crippen LogP contribution >= 0.6 is 0 Å². The highest BCUT2D eigenvalue weighted by Gasteiger charge is 2.21. The van der Waals surface area contributed by atoms with Crippen LogP contribution in [-0.4, -0.2) is 0 Å². The van der Waals surface area contributed by atoms with Crippen LogP contribution < -0.4 is 4.74 Å². The molecule has 1 heterocycles. The Morgan fingerprint density at radius 2 is 0.878 bits per heavy atom. The molecular formula is C48H28O. The molecule has 0 saturated carbocycles. The minimum absolute atomic E-state index is 0.906. The quantitative estimate of drug-likeness (QED) is 0.138. The number of fused-ring (bicyclic) bond motifs is 10. The summed E-state index contributed by atoms with van der Waals surface area (Å²) in [5.74, 6) is 1.83. The maximum atomic E-state index is 6.38. The molecule has 0 radical (unpaired) electrons. The minimum atomic E-state index is 0.906. The number of benzene rings is 10. The Morgan fingerprint density at radius 3 is 1.69 bits per heavy atom. The van der Waals surface area contributed by atoms with E-state index in [1.165, 1.54) is 92.5 Å². The number of hydrogen-bond donors (Lipinski definition) is 0. The molecule has 0 unspecified atom stereocenters. The SMILES string of the molecule is c1ccc2c(-c3ccc4cc(-c5ccc6c(c5)-c5cccc7cccc(c57)O6)ccc4c3)c3c4ccccc4c4ccccc4c3cc2c1. The summed E-state index contributed by atoms with van der Waals surface area (Å²) in [6.45, 7) is 0. The first-order chi connectivity index (χ1) is 24.3. The Kier molecular flexibility index (Phi) is 5.45. The molecule has 10 aromatic rings. The van der Waals surface area contributed by atoms with Crippen molar-refractivity contribution in [2.45, 2.75) is 0 Å². The lowest BCUT2D eigenvalue weighted by molar-refractivity contribution is 0.487. The van der Waals surface area contributed by atoms with Gasteiger partial charge in [-0.1, -0.05) is 133 Å². The zero-order valence-electron chi connectivity index (χ0n) is 26.6. The average Bonchev–Trinajstić information content (AvgIpc) is 3.17. The van der Waals surface area contributed by atoms with Crippen LogP contribution in [0.25, 0.3) is 98.0 Å². The Labute approximate surface area is 283 Å². The summed E-state index contributed by atoms with van der Waals surface area (Å²) in [7, 11) is 0. The van der Waals surface area contributed by atoms with E-state index in [4.69, 9.17) is 4.74 Å². The Balaban J connectivity index is 1.10. The predicted molar refractivity (Wildman–Crippen MR) is 208 cm³/mol. The molecular weight excluding hydrogens is 593 g/mol. The first-order valence-electron chi connectivity index (χ1n) is 16.9. The largest absolute Gasteiger partial charge is 0.456 e. The zero-order valence-corrected chi connectivity index (χ0v) is 26.6. The van der Waals surface area contributed by atoms with Gasteiger partial charge in [0, 0.05) is 10.9 Å². The van der Waals surface area contributed by atoms with E-state index in [0.717, 1.165) is 17.1 Å². The number of ether oxygens (including phenoxy) is 1. The number of rotatable bonds is 2. The maximum absolute atomic E-state index is 6.38. The molecule has 10 aromatic carbocycles. The molecule has 0 spiro atoms. The molecule has 226 valence electrons. The third-order valence-electron chi connectivity index (χ3n) is 10.6.